The maximum absolute atomic E-state index is 12.0. The Morgan fingerprint density at radius 3 is 2.89 bits per heavy atom. The average molecular weight is 288 g/mol. The molecule has 5 heteroatoms. The smallest absolute Gasteiger partial charge is 0.253 e. The second-order valence-corrected chi connectivity index (χ2v) is 5.28. The molecule has 0 aliphatic carbocycles. The van der Waals surface area contributed by atoms with Crippen LogP contribution < -0.4 is 5.32 Å². The molecule has 1 aromatic rings. The summed E-state index contributed by atoms with van der Waals surface area (Å²) < 4.78 is 5.53. The summed E-state index contributed by atoms with van der Waals surface area (Å²) in [5.41, 5.74) is 0.436. The third-order valence-electron chi connectivity index (χ3n) is 3.06. The van der Waals surface area contributed by atoms with Gasteiger partial charge in [-0.3, -0.25) is 4.79 Å². The minimum absolute atomic E-state index is 0.0215. The summed E-state index contributed by atoms with van der Waals surface area (Å²) in [7, 11) is 0. The topological polar surface area (TPSA) is 38.3 Å². The van der Waals surface area contributed by atoms with E-state index in [9.17, 15) is 4.79 Å². The number of ether oxygens (including phenoxy) is 1. The molecule has 18 heavy (non-hydrogen) atoms. The molecule has 1 amide bonds. The summed E-state index contributed by atoms with van der Waals surface area (Å²) in [5.74, 6) is -0.195. The van der Waals surface area contributed by atoms with Gasteiger partial charge in [-0.15, -0.1) is 0 Å². The average Bonchev–Trinajstić information content (AvgIpc) is 2.81. The van der Waals surface area contributed by atoms with E-state index in [2.05, 4.69) is 5.32 Å². The Morgan fingerprint density at radius 1 is 1.50 bits per heavy atom. The van der Waals surface area contributed by atoms with Crippen LogP contribution in [-0.2, 0) is 4.74 Å². The highest BCUT2D eigenvalue weighted by Gasteiger charge is 2.24. The van der Waals surface area contributed by atoms with Crippen molar-refractivity contribution in [2.75, 3.05) is 6.61 Å². The van der Waals surface area contributed by atoms with Gasteiger partial charge in [0, 0.05) is 11.6 Å². The Morgan fingerprint density at radius 2 is 2.28 bits per heavy atom. The predicted octanol–water partition coefficient (Wildman–Crippen LogP) is 3.29. The van der Waals surface area contributed by atoms with Crippen LogP contribution in [0.15, 0.2) is 18.2 Å². The van der Waals surface area contributed by atoms with E-state index in [1.807, 2.05) is 6.92 Å². The van der Waals surface area contributed by atoms with Gasteiger partial charge in [0.15, 0.2) is 0 Å². The summed E-state index contributed by atoms with van der Waals surface area (Å²) in [6, 6.07) is 4.82. The summed E-state index contributed by atoms with van der Waals surface area (Å²) in [6.07, 6.45) is 2.13. The Hall–Kier alpha value is -0.770. The summed E-state index contributed by atoms with van der Waals surface area (Å²) in [4.78, 5) is 12.0. The van der Waals surface area contributed by atoms with Crippen LogP contribution >= 0.6 is 23.2 Å². The van der Waals surface area contributed by atoms with Crippen LogP contribution in [0.3, 0.4) is 0 Å². The molecule has 1 aliphatic heterocycles. The minimum Gasteiger partial charge on any atom is -0.376 e. The van der Waals surface area contributed by atoms with Crippen molar-refractivity contribution in [2.24, 2.45) is 0 Å². The van der Waals surface area contributed by atoms with Crippen LogP contribution in [0.5, 0.6) is 0 Å². The molecule has 2 atom stereocenters. The predicted molar refractivity (Wildman–Crippen MR) is 72.4 cm³/mol. The van der Waals surface area contributed by atoms with Gasteiger partial charge in [0.2, 0.25) is 0 Å². The molecule has 1 heterocycles. The molecule has 0 unspecified atom stereocenters. The molecule has 1 N–H and O–H groups in total. The quantitative estimate of drug-likeness (QED) is 0.926. The first-order valence-electron chi connectivity index (χ1n) is 5.95. The number of amides is 1. The number of rotatable bonds is 3. The fourth-order valence-electron chi connectivity index (χ4n) is 2.05. The molecule has 0 spiro atoms. The highest BCUT2D eigenvalue weighted by molar-refractivity contribution is 6.36. The highest BCUT2D eigenvalue weighted by Crippen LogP contribution is 2.21. The molecule has 0 radical (unpaired) electrons. The van der Waals surface area contributed by atoms with Crippen molar-refractivity contribution in [1.82, 2.24) is 5.32 Å². The maximum Gasteiger partial charge on any atom is 0.253 e. The second kappa shape index (κ2) is 5.91. The Balaban J connectivity index is 2.02. The standard InChI is InChI=1S/C13H15Cl2NO2/c1-8(12-3-2-6-18-12)16-13(17)10-5-4-9(14)7-11(10)15/h4-5,7-8,12H,2-3,6H2,1H3,(H,16,17)/t8-,12+/m0/s1. The zero-order chi connectivity index (χ0) is 13.1. The van der Waals surface area contributed by atoms with Gasteiger partial charge >= 0.3 is 0 Å². The third kappa shape index (κ3) is 3.16. The number of benzene rings is 1. The first-order chi connectivity index (χ1) is 8.58. The summed E-state index contributed by atoms with van der Waals surface area (Å²) in [6.45, 7) is 2.71. The van der Waals surface area contributed by atoms with E-state index >= 15 is 0 Å². The number of hydrogen-bond acceptors (Lipinski definition) is 2. The van der Waals surface area contributed by atoms with Crippen LogP contribution in [0.4, 0.5) is 0 Å². The van der Waals surface area contributed by atoms with Gasteiger partial charge in [0.05, 0.1) is 22.7 Å². The lowest BCUT2D eigenvalue weighted by atomic mass is 10.1. The van der Waals surface area contributed by atoms with Crippen molar-refractivity contribution in [3.63, 3.8) is 0 Å². The van der Waals surface area contributed by atoms with Crippen molar-refractivity contribution in [2.45, 2.75) is 31.9 Å². The maximum atomic E-state index is 12.0. The molecule has 3 nitrogen and oxygen atoms in total. The zero-order valence-corrected chi connectivity index (χ0v) is 11.6. The first-order valence-corrected chi connectivity index (χ1v) is 6.71. The molecule has 0 saturated carbocycles. The summed E-state index contributed by atoms with van der Waals surface area (Å²) in [5, 5.41) is 3.78. The van der Waals surface area contributed by atoms with Gasteiger partial charge in [-0.1, -0.05) is 23.2 Å². The van der Waals surface area contributed by atoms with Gasteiger partial charge in [0.25, 0.3) is 5.91 Å². The lowest BCUT2D eigenvalue weighted by Crippen LogP contribution is -2.40. The van der Waals surface area contributed by atoms with Gasteiger partial charge in [-0.05, 0) is 38.0 Å². The molecular formula is C13H15Cl2NO2. The molecule has 2 rings (SSSR count). The molecular weight excluding hydrogens is 273 g/mol. The SMILES string of the molecule is C[C@H](NC(=O)c1ccc(Cl)cc1Cl)[C@H]1CCCO1. The normalized spacial score (nSPS) is 20.7. The molecule has 1 fully saturated rings. The van der Waals surface area contributed by atoms with Gasteiger partial charge < -0.3 is 10.1 Å². The van der Waals surface area contributed by atoms with Crippen LogP contribution in [0.25, 0.3) is 0 Å². The molecule has 1 saturated heterocycles. The van der Waals surface area contributed by atoms with Gasteiger partial charge in [-0.2, -0.15) is 0 Å². The van der Waals surface area contributed by atoms with E-state index in [0.717, 1.165) is 19.4 Å². The van der Waals surface area contributed by atoms with E-state index in [1.165, 1.54) is 0 Å². The van der Waals surface area contributed by atoms with Crippen molar-refractivity contribution in [1.29, 1.82) is 0 Å². The molecule has 1 aliphatic rings. The number of nitrogens with one attached hydrogen (secondary N) is 1. The molecule has 98 valence electrons. The Bertz CT molecular complexity index is 445. The van der Waals surface area contributed by atoms with Crippen molar-refractivity contribution < 1.29 is 9.53 Å². The third-order valence-corrected chi connectivity index (χ3v) is 3.60. The Labute approximate surface area is 116 Å². The van der Waals surface area contributed by atoms with Crippen LogP contribution in [0.1, 0.15) is 30.1 Å². The van der Waals surface area contributed by atoms with E-state index in [0.29, 0.717) is 15.6 Å². The monoisotopic (exact) mass is 287 g/mol. The van der Waals surface area contributed by atoms with Gasteiger partial charge in [0.1, 0.15) is 0 Å². The van der Waals surface area contributed by atoms with Crippen molar-refractivity contribution >= 4 is 29.1 Å². The minimum atomic E-state index is -0.195. The molecule has 1 aromatic carbocycles. The first kappa shape index (κ1) is 13.7. The van der Waals surface area contributed by atoms with Crippen LogP contribution in [-0.4, -0.2) is 24.7 Å². The second-order valence-electron chi connectivity index (χ2n) is 4.44. The number of carbonyl (C=O) groups is 1. The van der Waals surface area contributed by atoms with Crippen molar-refractivity contribution in [3.05, 3.63) is 33.8 Å². The fourth-order valence-corrected chi connectivity index (χ4v) is 2.54. The van der Waals surface area contributed by atoms with Crippen LogP contribution in [0, 0.1) is 0 Å². The molecule has 0 aromatic heterocycles. The van der Waals surface area contributed by atoms with Crippen LogP contribution in [0.2, 0.25) is 10.0 Å². The number of carbonyl (C=O) groups excluding carboxylic acids is 1. The summed E-state index contributed by atoms with van der Waals surface area (Å²) >= 11 is 11.8. The fraction of sp³-hybridized carbons (Fsp3) is 0.462. The Kier molecular flexibility index (Phi) is 4.49. The number of hydrogen-bond donors (Lipinski definition) is 1. The van der Waals surface area contributed by atoms with Crippen molar-refractivity contribution in [3.8, 4) is 0 Å². The molecule has 0 bridgehead atoms. The van der Waals surface area contributed by atoms with Gasteiger partial charge in [-0.25, -0.2) is 0 Å². The zero-order valence-electron chi connectivity index (χ0n) is 10.1. The lowest BCUT2D eigenvalue weighted by Gasteiger charge is -2.20. The van der Waals surface area contributed by atoms with E-state index < -0.39 is 0 Å². The van der Waals surface area contributed by atoms with E-state index in [1.54, 1.807) is 18.2 Å². The van der Waals surface area contributed by atoms with E-state index in [-0.39, 0.29) is 18.1 Å². The number of halogens is 2. The lowest BCUT2D eigenvalue weighted by molar-refractivity contribution is 0.0712. The largest absolute Gasteiger partial charge is 0.376 e. The highest BCUT2D eigenvalue weighted by atomic mass is 35.5. The van der Waals surface area contributed by atoms with E-state index in [4.69, 9.17) is 27.9 Å².